The van der Waals surface area contributed by atoms with Gasteiger partial charge in [0.05, 0.1) is 5.41 Å². The third kappa shape index (κ3) is 4.55. The van der Waals surface area contributed by atoms with E-state index in [1.807, 2.05) is 0 Å². The van der Waals surface area contributed by atoms with Crippen LogP contribution in [0.15, 0.2) is 24.3 Å². The van der Waals surface area contributed by atoms with Crippen LogP contribution in [-0.2, 0) is 19.1 Å². The summed E-state index contributed by atoms with van der Waals surface area (Å²) in [5, 5.41) is 2.66. The molecule has 23 heavy (non-hydrogen) atoms. The van der Waals surface area contributed by atoms with Gasteiger partial charge in [0.1, 0.15) is 0 Å². The second-order valence-electron chi connectivity index (χ2n) is 6.57. The lowest BCUT2D eigenvalue weighted by atomic mass is 9.97. The number of rotatable bonds is 4. The maximum Gasteiger partial charge on any atom is 0.311 e. The van der Waals surface area contributed by atoms with Crippen LogP contribution in [0.25, 0.3) is 0 Å². The van der Waals surface area contributed by atoms with Crippen LogP contribution in [0.2, 0.25) is 0 Å². The molecule has 0 unspecified atom stereocenters. The van der Waals surface area contributed by atoms with E-state index in [1.54, 1.807) is 49.9 Å². The molecule has 6 nitrogen and oxygen atoms in total. The van der Waals surface area contributed by atoms with E-state index >= 15 is 0 Å². The first-order valence-electron chi connectivity index (χ1n) is 7.65. The van der Waals surface area contributed by atoms with Crippen LogP contribution in [-0.4, -0.2) is 30.9 Å². The Labute approximate surface area is 135 Å². The molecule has 0 saturated carbocycles. The molecule has 0 bridgehead atoms. The van der Waals surface area contributed by atoms with Crippen molar-refractivity contribution >= 4 is 29.2 Å². The van der Waals surface area contributed by atoms with E-state index in [1.165, 1.54) is 0 Å². The summed E-state index contributed by atoms with van der Waals surface area (Å²) in [6, 6.07) is 7.04. The maximum atomic E-state index is 11.8. The van der Waals surface area contributed by atoms with E-state index in [-0.39, 0.29) is 12.5 Å². The number of esters is 1. The number of carbonyl (C=O) groups excluding carboxylic acids is 3. The van der Waals surface area contributed by atoms with Gasteiger partial charge in [0.15, 0.2) is 6.61 Å². The first kappa shape index (κ1) is 17.0. The molecule has 1 fully saturated rings. The highest BCUT2D eigenvalue weighted by molar-refractivity contribution is 5.96. The van der Waals surface area contributed by atoms with Crippen LogP contribution >= 0.6 is 0 Å². The number of hydrogen-bond donors (Lipinski definition) is 1. The normalized spacial score (nSPS) is 14.7. The Hall–Kier alpha value is -2.37. The van der Waals surface area contributed by atoms with Gasteiger partial charge in [0.25, 0.3) is 5.91 Å². The Morgan fingerprint density at radius 3 is 2.39 bits per heavy atom. The van der Waals surface area contributed by atoms with Crippen LogP contribution in [0.3, 0.4) is 0 Å². The van der Waals surface area contributed by atoms with Gasteiger partial charge in [-0.1, -0.05) is 0 Å². The molecule has 1 saturated heterocycles. The van der Waals surface area contributed by atoms with Gasteiger partial charge in [0, 0.05) is 24.3 Å². The Morgan fingerprint density at radius 1 is 1.22 bits per heavy atom. The molecule has 1 aliphatic rings. The van der Waals surface area contributed by atoms with Crippen LogP contribution in [0.5, 0.6) is 0 Å². The van der Waals surface area contributed by atoms with Crippen LogP contribution in [0, 0.1) is 5.41 Å². The fraction of sp³-hybridized carbons (Fsp3) is 0.471. The molecular formula is C17H22N2O4. The van der Waals surface area contributed by atoms with Gasteiger partial charge in [-0.2, -0.15) is 0 Å². The number of hydrogen-bond acceptors (Lipinski definition) is 4. The minimum absolute atomic E-state index is 0.121. The summed E-state index contributed by atoms with van der Waals surface area (Å²) in [5.74, 6) is -0.695. The van der Waals surface area contributed by atoms with Crippen molar-refractivity contribution in [1.82, 2.24) is 0 Å². The van der Waals surface area contributed by atoms with Crippen molar-refractivity contribution in [2.24, 2.45) is 5.41 Å². The second kappa shape index (κ2) is 6.81. The predicted octanol–water partition coefficient (Wildman–Crippen LogP) is 2.34. The summed E-state index contributed by atoms with van der Waals surface area (Å²) in [4.78, 5) is 36.8. The standard InChI is InChI=1S/C17H22N2O4/c1-17(2,3)16(22)23-11-14(20)18-12-6-8-13(9-7-12)19-10-4-5-15(19)21/h6-9H,4-5,10-11H2,1-3H3,(H,18,20). The van der Waals surface area contributed by atoms with E-state index in [0.29, 0.717) is 12.1 Å². The highest BCUT2D eigenvalue weighted by Crippen LogP contribution is 2.23. The fourth-order valence-electron chi connectivity index (χ4n) is 2.19. The Morgan fingerprint density at radius 2 is 1.87 bits per heavy atom. The molecule has 0 atom stereocenters. The summed E-state index contributed by atoms with van der Waals surface area (Å²) >= 11 is 0. The highest BCUT2D eigenvalue weighted by Gasteiger charge is 2.24. The lowest BCUT2D eigenvalue weighted by Gasteiger charge is -2.17. The number of amides is 2. The van der Waals surface area contributed by atoms with Gasteiger partial charge in [-0.15, -0.1) is 0 Å². The molecule has 0 radical (unpaired) electrons. The fourth-order valence-corrected chi connectivity index (χ4v) is 2.19. The summed E-state index contributed by atoms with van der Waals surface area (Å²) in [5.41, 5.74) is 0.784. The maximum absolute atomic E-state index is 11.8. The molecule has 2 amide bonds. The zero-order valence-electron chi connectivity index (χ0n) is 13.7. The van der Waals surface area contributed by atoms with Crippen molar-refractivity contribution in [1.29, 1.82) is 0 Å². The summed E-state index contributed by atoms with van der Waals surface area (Å²) in [7, 11) is 0. The number of carbonyl (C=O) groups is 3. The van der Waals surface area contributed by atoms with E-state index in [4.69, 9.17) is 4.74 Å². The quantitative estimate of drug-likeness (QED) is 0.865. The van der Waals surface area contributed by atoms with Crippen LogP contribution in [0.4, 0.5) is 11.4 Å². The van der Waals surface area contributed by atoms with Crippen LogP contribution in [0.1, 0.15) is 33.6 Å². The predicted molar refractivity (Wildman–Crippen MR) is 87.1 cm³/mol. The Balaban J connectivity index is 1.87. The summed E-state index contributed by atoms with van der Waals surface area (Å²) in [6.45, 7) is 5.60. The number of anilines is 2. The molecule has 2 rings (SSSR count). The van der Waals surface area contributed by atoms with Gasteiger partial charge in [-0.25, -0.2) is 0 Å². The largest absolute Gasteiger partial charge is 0.455 e. The van der Waals surface area contributed by atoms with Gasteiger partial charge >= 0.3 is 5.97 Å². The lowest BCUT2D eigenvalue weighted by Crippen LogP contribution is -2.28. The minimum Gasteiger partial charge on any atom is -0.455 e. The molecule has 1 N–H and O–H groups in total. The number of nitrogens with one attached hydrogen (secondary N) is 1. The first-order valence-corrected chi connectivity index (χ1v) is 7.65. The average Bonchev–Trinajstić information content (AvgIpc) is 2.91. The average molecular weight is 318 g/mol. The molecule has 0 aliphatic carbocycles. The zero-order valence-corrected chi connectivity index (χ0v) is 13.7. The summed E-state index contributed by atoms with van der Waals surface area (Å²) in [6.07, 6.45) is 1.45. The molecule has 1 aromatic rings. The van der Waals surface area contributed by atoms with E-state index in [2.05, 4.69) is 5.32 Å². The number of nitrogens with zero attached hydrogens (tertiary/aromatic N) is 1. The van der Waals surface area contributed by atoms with Gasteiger partial charge in [-0.05, 0) is 51.5 Å². The topological polar surface area (TPSA) is 75.7 Å². The number of benzene rings is 1. The minimum atomic E-state index is -0.635. The number of ether oxygens (including phenoxy) is 1. The molecule has 124 valence electrons. The Bertz CT molecular complexity index is 602. The monoisotopic (exact) mass is 318 g/mol. The molecule has 0 aromatic heterocycles. The first-order chi connectivity index (χ1) is 10.8. The molecule has 1 aromatic carbocycles. The Kier molecular flexibility index (Phi) is 5.03. The molecule has 1 heterocycles. The van der Waals surface area contributed by atoms with Crippen molar-refractivity contribution in [3.8, 4) is 0 Å². The molecule has 1 aliphatic heterocycles. The van der Waals surface area contributed by atoms with Crippen molar-refractivity contribution < 1.29 is 19.1 Å². The lowest BCUT2D eigenvalue weighted by molar-refractivity contribution is -0.155. The van der Waals surface area contributed by atoms with Gasteiger partial charge in [0.2, 0.25) is 5.91 Å². The van der Waals surface area contributed by atoms with Gasteiger partial charge in [-0.3, -0.25) is 14.4 Å². The van der Waals surface area contributed by atoms with Crippen molar-refractivity contribution in [3.05, 3.63) is 24.3 Å². The molecular weight excluding hydrogens is 296 g/mol. The van der Waals surface area contributed by atoms with Crippen molar-refractivity contribution in [2.45, 2.75) is 33.6 Å². The highest BCUT2D eigenvalue weighted by atomic mass is 16.5. The van der Waals surface area contributed by atoms with Crippen molar-refractivity contribution in [3.63, 3.8) is 0 Å². The second-order valence-corrected chi connectivity index (χ2v) is 6.57. The van der Waals surface area contributed by atoms with E-state index < -0.39 is 17.3 Å². The van der Waals surface area contributed by atoms with E-state index in [0.717, 1.165) is 18.7 Å². The zero-order chi connectivity index (χ0) is 17.0. The third-order valence-electron chi connectivity index (χ3n) is 3.48. The van der Waals surface area contributed by atoms with Crippen molar-refractivity contribution in [2.75, 3.05) is 23.4 Å². The molecule has 6 heteroatoms. The SMILES string of the molecule is CC(C)(C)C(=O)OCC(=O)Nc1ccc(N2CCCC2=O)cc1. The smallest absolute Gasteiger partial charge is 0.311 e. The summed E-state index contributed by atoms with van der Waals surface area (Å²) < 4.78 is 4.96. The third-order valence-corrected chi connectivity index (χ3v) is 3.48. The van der Waals surface area contributed by atoms with E-state index in [9.17, 15) is 14.4 Å². The van der Waals surface area contributed by atoms with Crippen LogP contribution < -0.4 is 10.2 Å². The molecule has 0 spiro atoms. The van der Waals surface area contributed by atoms with Gasteiger partial charge < -0.3 is 15.0 Å².